The lowest BCUT2D eigenvalue weighted by molar-refractivity contribution is 0.766. The molecule has 21 heavy (non-hydrogen) atoms. The molecule has 0 aliphatic heterocycles. The van der Waals surface area contributed by atoms with Gasteiger partial charge in [0, 0.05) is 26.4 Å². The second-order valence-corrected chi connectivity index (χ2v) is 4.70. The van der Waals surface area contributed by atoms with E-state index in [-0.39, 0.29) is 5.56 Å². The largest absolute Gasteiger partial charge is 0.329 e. The number of anilines is 1. The Balaban J connectivity index is 1.98. The van der Waals surface area contributed by atoms with E-state index >= 15 is 0 Å². The molecule has 1 N–H and O–H groups in total. The van der Waals surface area contributed by atoms with Gasteiger partial charge in [0.1, 0.15) is 5.82 Å². The van der Waals surface area contributed by atoms with Gasteiger partial charge in [-0.25, -0.2) is 4.79 Å². The Kier molecular flexibility index (Phi) is 4.71. The molecule has 0 aliphatic rings. The first-order valence-electron chi connectivity index (χ1n) is 6.68. The molecule has 2 rings (SSSR count). The van der Waals surface area contributed by atoms with Crippen LogP contribution in [0.3, 0.4) is 0 Å². The lowest BCUT2D eigenvalue weighted by atomic mass is 10.1. The maximum Gasteiger partial charge on any atom is 0.329 e. The average Bonchev–Trinajstić information content (AvgIpc) is 2.49. The molecule has 0 spiro atoms. The SMILES string of the molecule is CN(N=CCCc1ccccc1)c1cc(=O)n(C)c(=O)[nH]1. The number of H-pyrrole nitrogens is 1. The average molecular weight is 286 g/mol. The highest BCUT2D eigenvalue weighted by molar-refractivity contribution is 5.59. The van der Waals surface area contributed by atoms with Crippen LogP contribution in [0.2, 0.25) is 0 Å². The molecule has 2 aromatic rings. The van der Waals surface area contributed by atoms with Crippen LogP contribution in [0.15, 0.2) is 51.1 Å². The fourth-order valence-electron chi connectivity index (χ4n) is 1.84. The molecule has 0 bridgehead atoms. The molecule has 6 heteroatoms. The first-order valence-corrected chi connectivity index (χ1v) is 6.68. The summed E-state index contributed by atoms with van der Waals surface area (Å²) in [6.45, 7) is 0. The van der Waals surface area contributed by atoms with Crippen molar-refractivity contribution in [3.63, 3.8) is 0 Å². The van der Waals surface area contributed by atoms with E-state index in [0.717, 1.165) is 17.4 Å². The van der Waals surface area contributed by atoms with E-state index in [1.54, 1.807) is 13.3 Å². The van der Waals surface area contributed by atoms with Crippen molar-refractivity contribution in [2.75, 3.05) is 12.1 Å². The number of hydrogen-bond acceptors (Lipinski definition) is 4. The van der Waals surface area contributed by atoms with Crippen LogP contribution in [0.5, 0.6) is 0 Å². The summed E-state index contributed by atoms with van der Waals surface area (Å²) in [6, 6.07) is 11.5. The molecule has 0 amide bonds. The van der Waals surface area contributed by atoms with Gasteiger partial charge in [-0.05, 0) is 18.4 Å². The zero-order chi connectivity index (χ0) is 15.2. The van der Waals surface area contributed by atoms with Crippen LogP contribution in [-0.4, -0.2) is 22.8 Å². The predicted molar refractivity (Wildman–Crippen MR) is 84.0 cm³/mol. The number of aromatic amines is 1. The van der Waals surface area contributed by atoms with Crippen LogP contribution in [0.4, 0.5) is 5.82 Å². The van der Waals surface area contributed by atoms with E-state index in [1.807, 2.05) is 18.2 Å². The van der Waals surface area contributed by atoms with Crippen molar-refractivity contribution in [3.8, 4) is 0 Å². The van der Waals surface area contributed by atoms with E-state index in [1.165, 1.54) is 23.7 Å². The molecular weight excluding hydrogens is 268 g/mol. The number of hydrogen-bond donors (Lipinski definition) is 1. The molecule has 0 aliphatic carbocycles. The second kappa shape index (κ2) is 6.69. The van der Waals surface area contributed by atoms with E-state index in [2.05, 4.69) is 22.2 Å². The normalized spacial score (nSPS) is 11.0. The topological polar surface area (TPSA) is 70.5 Å². The molecule has 0 unspecified atom stereocenters. The fraction of sp³-hybridized carbons (Fsp3) is 0.267. The minimum absolute atomic E-state index is 0.361. The molecule has 0 saturated heterocycles. The summed E-state index contributed by atoms with van der Waals surface area (Å²) < 4.78 is 1.01. The molecule has 1 heterocycles. The minimum atomic E-state index is -0.455. The van der Waals surface area contributed by atoms with Crippen molar-refractivity contribution in [2.45, 2.75) is 12.8 Å². The van der Waals surface area contributed by atoms with Gasteiger partial charge >= 0.3 is 5.69 Å². The lowest BCUT2D eigenvalue weighted by Gasteiger charge is -2.12. The van der Waals surface area contributed by atoms with Crippen LogP contribution in [0.1, 0.15) is 12.0 Å². The van der Waals surface area contributed by atoms with Crippen LogP contribution in [-0.2, 0) is 13.5 Å². The van der Waals surface area contributed by atoms with Gasteiger partial charge in [-0.1, -0.05) is 30.3 Å². The summed E-state index contributed by atoms with van der Waals surface area (Å²) in [4.78, 5) is 25.6. The van der Waals surface area contributed by atoms with Crippen molar-refractivity contribution in [2.24, 2.45) is 12.1 Å². The standard InChI is InChI=1S/C15H18N4O2/c1-18-14(20)11-13(17-15(18)21)19(2)16-10-6-9-12-7-4-3-5-8-12/h3-5,7-8,10-11H,6,9H2,1-2H3,(H,17,21). The Morgan fingerprint density at radius 1 is 1.29 bits per heavy atom. The lowest BCUT2D eigenvalue weighted by Crippen LogP contribution is -2.33. The summed E-state index contributed by atoms with van der Waals surface area (Å²) >= 11 is 0. The van der Waals surface area contributed by atoms with Gasteiger partial charge in [0.2, 0.25) is 0 Å². The Hall–Kier alpha value is -2.63. The van der Waals surface area contributed by atoms with E-state index in [9.17, 15) is 9.59 Å². The Morgan fingerprint density at radius 3 is 2.67 bits per heavy atom. The number of nitrogens with zero attached hydrogens (tertiary/aromatic N) is 3. The highest BCUT2D eigenvalue weighted by atomic mass is 16.2. The highest BCUT2D eigenvalue weighted by Gasteiger charge is 2.03. The van der Waals surface area contributed by atoms with Crippen molar-refractivity contribution in [1.82, 2.24) is 9.55 Å². The molecule has 0 radical (unpaired) electrons. The molecule has 6 nitrogen and oxygen atoms in total. The Morgan fingerprint density at radius 2 is 2.00 bits per heavy atom. The third-order valence-corrected chi connectivity index (χ3v) is 3.14. The van der Waals surface area contributed by atoms with E-state index in [0.29, 0.717) is 5.82 Å². The first kappa shape index (κ1) is 14.8. The zero-order valence-electron chi connectivity index (χ0n) is 12.1. The predicted octanol–water partition coefficient (Wildman–Crippen LogP) is 1.13. The van der Waals surface area contributed by atoms with Crippen LogP contribution in [0, 0.1) is 0 Å². The van der Waals surface area contributed by atoms with Crippen molar-refractivity contribution < 1.29 is 0 Å². The maximum absolute atomic E-state index is 11.5. The Bertz CT molecular complexity index is 700. The molecule has 1 aromatic carbocycles. The number of rotatable bonds is 5. The zero-order valence-corrected chi connectivity index (χ0v) is 12.1. The fourth-order valence-corrected chi connectivity index (χ4v) is 1.84. The number of hydrazone groups is 1. The van der Waals surface area contributed by atoms with Gasteiger partial charge < -0.3 is 0 Å². The quantitative estimate of drug-likeness (QED) is 0.661. The molecule has 0 saturated carbocycles. The summed E-state index contributed by atoms with van der Waals surface area (Å²) in [5.41, 5.74) is 0.428. The number of benzene rings is 1. The van der Waals surface area contributed by atoms with Gasteiger partial charge in [-0.2, -0.15) is 5.10 Å². The molecule has 0 fully saturated rings. The van der Waals surface area contributed by atoms with Crippen LogP contribution < -0.4 is 16.3 Å². The molecule has 110 valence electrons. The minimum Gasteiger partial charge on any atom is -0.292 e. The maximum atomic E-state index is 11.5. The highest BCUT2D eigenvalue weighted by Crippen LogP contribution is 2.04. The molecular formula is C15H18N4O2. The smallest absolute Gasteiger partial charge is 0.292 e. The van der Waals surface area contributed by atoms with Crippen LogP contribution >= 0.6 is 0 Å². The van der Waals surface area contributed by atoms with Gasteiger partial charge in [-0.15, -0.1) is 0 Å². The molecule has 0 atom stereocenters. The van der Waals surface area contributed by atoms with Crippen LogP contribution in [0.25, 0.3) is 0 Å². The number of nitrogens with one attached hydrogen (secondary N) is 1. The second-order valence-electron chi connectivity index (χ2n) is 4.70. The summed E-state index contributed by atoms with van der Waals surface area (Å²) in [7, 11) is 3.11. The monoisotopic (exact) mass is 286 g/mol. The van der Waals surface area contributed by atoms with Crippen molar-refractivity contribution in [1.29, 1.82) is 0 Å². The van der Waals surface area contributed by atoms with Gasteiger partial charge in [0.25, 0.3) is 5.56 Å². The summed E-state index contributed by atoms with van der Waals surface area (Å²) in [5.74, 6) is 0.374. The van der Waals surface area contributed by atoms with E-state index in [4.69, 9.17) is 0 Å². The van der Waals surface area contributed by atoms with Crippen molar-refractivity contribution in [3.05, 3.63) is 62.8 Å². The third-order valence-electron chi connectivity index (χ3n) is 3.14. The number of aromatic nitrogens is 2. The molecule has 1 aromatic heterocycles. The Labute approximate surface area is 122 Å². The van der Waals surface area contributed by atoms with Gasteiger partial charge in [0.15, 0.2) is 0 Å². The summed E-state index contributed by atoms with van der Waals surface area (Å²) in [6.07, 6.45) is 3.44. The van der Waals surface area contributed by atoms with Gasteiger partial charge in [0.05, 0.1) is 0 Å². The summed E-state index contributed by atoms with van der Waals surface area (Å²) in [5, 5.41) is 5.69. The number of aryl methyl sites for hydroxylation is 1. The first-order chi connectivity index (χ1) is 10.1. The third kappa shape index (κ3) is 3.92. The van der Waals surface area contributed by atoms with E-state index < -0.39 is 5.69 Å². The van der Waals surface area contributed by atoms with Gasteiger partial charge in [-0.3, -0.25) is 19.4 Å². The van der Waals surface area contributed by atoms with Crippen molar-refractivity contribution >= 4 is 12.0 Å².